The molecule has 0 aromatic heterocycles. The average Bonchev–Trinajstić information content (AvgIpc) is 3.51. The van der Waals surface area contributed by atoms with Crippen molar-refractivity contribution >= 4 is 11.6 Å². The van der Waals surface area contributed by atoms with E-state index in [1.54, 1.807) is 12.0 Å². The van der Waals surface area contributed by atoms with Crippen LogP contribution in [0.5, 0.6) is 5.75 Å². The molecule has 33 heavy (non-hydrogen) atoms. The highest BCUT2D eigenvalue weighted by Crippen LogP contribution is 2.29. The maximum atomic E-state index is 14.3. The maximum Gasteiger partial charge on any atom is 0.223 e. The number of hydrogen-bond donors (Lipinski definition) is 0. The molecule has 7 heteroatoms. The molecule has 2 aromatic rings. The van der Waals surface area contributed by atoms with Crippen LogP contribution in [-0.2, 0) is 16.2 Å². The third-order valence-electron chi connectivity index (χ3n) is 6.55. The molecule has 1 amide bonds. The number of nitrogens with zero attached hydrogens (tertiary/aromatic N) is 2. The molecule has 2 aliphatic rings. The number of carbonyl (C=O) groups is 1. The van der Waals surface area contributed by atoms with Crippen LogP contribution in [0, 0.1) is 17.6 Å². The third-order valence-corrected chi connectivity index (χ3v) is 6.55. The van der Waals surface area contributed by atoms with Crippen molar-refractivity contribution < 1.29 is 23.1 Å². The molecule has 1 saturated carbocycles. The van der Waals surface area contributed by atoms with Gasteiger partial charge in [0.15, 0.2) is 6.10 Å². The normalized spacial score (nSPS) is 18.2. The van der Waals surface area contributed by atoms with E-state index in [2.05, 4.69) is 5.16 Å². The van der Waals surface area contributed by atoms with Gasteiger partial charge in [0.05, 0.1) is 19.4 Å². The molecule has 5 nitrogen and oxygen atoms in total. The molecule has 1 heterocycles. The number of ether oxygens (including phenoxy) is 1. The molecular weight excluding hydrogens is 426 g/mol. The van der Waals surface area contributed by atoms with E-state index in [1.165, 1.54) is 37.8 Å². The molecule has 1 aliphatic heterocycles. The van der Waals surface area contributed by atoms with Crippen LogP contribution >= 0.6 is 0 Å². The minimum Gasteiger partial charge on any atom is -0.496 e. The summed E-state index contributed by atoms with van der Waals surface area (Å²) in [5.74, 6) is -0.0360. The second-order valence-corrected chi connectivity index (χ2v) is 8.87. The number of para-hydroxylation sites is 1. The van der Waals surface area contributed by atoms with Crippen LogP contribution in [0.25, 0.3) is 0 Å². The number of oxime groups is 1. The Labute approximate surface area is 193 Å². The van der Waals surface area contributed by atoms with Gasteiger partial charge in [0, 0.05) is 36.6 Å². The quantitative estimate of drug-likeness (QED) is 0.503. The Balaban J connectivity index is 1.44. The number of benzene rings is 2. The zero-order chi connectivity index (χ0) is 23.2. The first-order chi connectivity index (χ1) is 16.0. The van der Waals surface area contributed by atoms with Crippen molar-refractivity contribution in [3.63, 3.8) is 0 Å². The Morgan fingerprint density at radius 2 is 1.97 bits per heavy atom. The number of halogens is 2. The first kappa shape index (κ1) is 23.2. The lowest BCUT2D eigenvalue weighted by molar-refractivity contribution is -0.134. The first-order valence-corrected chi connectivity index (χ1v) is 11.6. The Hall–Kier alpha value is -2.96. The summed E-state index contributed by atoms with van der Waals surface area (Å²) in [6.45, 7) is 0.349. The molecule has 1 fully saturated rings. The lowest BCUT2D eigenvalue weighted by Gasteiger charge is -2.26. The molecule has 1 aliphatic carbocycles. The molecule has 176 valence electrons. The second kappa shape index (κ2) is 10.8. The van der Waals surface area contributed by atoms with Crippen LogP contribution in [-0.4, -0.2) is 36.3 Å². The van der Waals surface area contributed by atoms with Crippen LogP contribution in [0.3, 0.4) is 0 Å². The third kappa shape index (κ3) is 5.89. The maximum absolute atomic E-state index is 14.3. The standard InChI is InChI=1S/C26H30F2N2O3/c1-32-25-9-5-4-8-22(25)24-15-21(33-29-24)17-30(16-19-11-12-20(27)14-23(19)28)26(31)13-10-18-6-2-3-7-18/h4-5,8-9,11-12,14,18,21H,2-3,6-7,10,13,15-17H2,1H3. The molecule has 0 bridgehead atoms. The fourth-order valence-corrected chi connectivity index (χ4v) is 4.71. The fraction of sp³-hybridized carbons (Fsp3) is 0.462. The van der Waals surface area contributed by atoms with Gasteiger partial charge in [-0.3, -0.25) is 4.79 Å². The van der Waals surface area contributed by atoms with Crippen LogP contribution in [0.2, 0.25) is 0 Å². The SMILES string of the molecule is COc1ccccc1C1=NOC(CN(Cc2ccc(F)cc2F)C(=O)CCC2CCCC2)C1. The Bertz CT molecular complexity index is 1000. The molecule has 2 aromatic carbocycles. The Morgan fingerprint density at radius 1 is 1.18 bits per heavy atom. The van der Waals surface area contributed by atoms with Crippen LogP contribution in [0.4, 0.5) is 8.78 Å². The van der Waals surface area contributed by atoms with Crippen LogP contribution < -0.4 is 4.74 Å². The van der Waals surface area contributed by atoms with Crippen molar-refractivity contribution in [2.24, 2.45) is 11.1 Å². The van der Waals surface area contributed by atoms with E-state index in [0.29, 0.717) is 24.5 Å². The summed E-state index contributed by atoms with van der Waals surface area (Å²) in [4.78, 5) is 20.4. The van der Waals surface area contributed by atoms with E-state index in [1.807, 2.05) is 24.3 Å². The number of carbonyl (C=O) groups excluding carboxylic acids is 1. The first-order valence-electron chi connectivity index (χ1n) is 11.6. The molecule has 0 spiro atoms. The van der Waals surface area contributed by atoms with Crippen LogP contribution in [0.1, 0.15) is 56.1 Å². The van der Waals surface area contributed by atoms with E-state index in [4.69, 9.17) is 9.57 Å². The van der Waals surface area contributed by atoms with E-state index >= 15 is 0 Å². The highest BCUT2D eigenvalue weighted by atomic mass is 19.1. The Morgan fingerprint density at radius 3 is 2.73 bits per heavy atom. The van der Waals surface area contributed by atoms with E-state index in [9.17, 15) is 13.6 Å². The monoisotopic (exact) mass is 456 g/mol. The van der Waals surface area contributed by atoms with Crippen molar-refractivity contribution in [3.05, 3.63) is 65.2 Å². The van der Waals surface area contributed by atoms with Gasteiger partial charge in [-0.1, -0.05) is 49.0 Å². The molecule has 0 saturated heterocycles. The summed E-state index contributed by atoms with van der Waals surface area (Å²) in [5.41, 5.74) is 1.89. The summed E-state index contributed by atoms with van der Waals surface area (Å²) in [6, 6.07) is 11.0. The number of amides is 1. The summed E-state index contributed by atoms with van der Waals surface area (Å²) in [6.07, 6.45) is 6.21. The van der Waals surface area contributed by atoms with Gasteiger partial charge in [-0.05, 0) is 30.5 Å². The summed E-state index contributed by atoms with van der Waals surface area (Å²) >= 11 is 0. The number of methoxy groups -OCH3 is 1. The molecular formula is C26H30F2N2O3. The minimum atomic E-state index is -0.651. The van der Waals surface area contributed by atoms with Gasteiger partial charge in [-0.25, -0.2) is 8.78 Å². The van der Waals surface area contributed by atoms with Gasteiger partial charge in [0.2, 0.25) is 5.91 Å². The van der Waals surface area contributed by atoms with E-state index in [0.717, 1.165) is 23.8 Å². The minimum absolute atomic E-state index is 0.0417. The predicted octanol–water partition coefficient (Wildman–Crippen LogP) is 5.47. The second-order valence-electron chi connectivity index (χ2n) is 8.87. The number of rotatable bonds is 9. The van der Waals surface area contributed by atoms with E-state index in [-0.39, 0.29) is 30.7 Å². The van der Waals surface area contributed by atoms with Gasteiger partial charge in [0.1, 0.15) is 17.4 Å². The zero-order valence-electron chi connectivity index (χ0n) is 18.9. The summed E-state index contributed by atoms with van der Waals surface area (Å²) in [7, 11) is 1.61. The predicted molar refractivity (Wildman–Crippen MR) is 122 cm³/mol. The Kier molecular flexibility index (Phi) is 7.57. The highest BCUT2D eigenvalue weighted by Gasteiger charge is 2.29. The average molecular weight is 457 g/mol. The lowest BCUT2D eigenvalue weighted by atomic mass is 10.0. The van der Waals surface area contributed by atoms with Gasteiger partial charge >= 0.3 is 0 Å². The molecule has 1 atom stereocenters. The fourth-order valence-electron chi connectivity index (χ4n) is 4.71. The molecule has 1 unspecified atom stereocenters. The van der Waals surface area contributed by atoms with Crippen LogP contribution in [0.15, 0.2) is 47.6 Å². The molecule has 0 N–H and O–H groups in total. The molecule has 0 radical (unpaired) electrons. The highest BCUT2D eigenvalue weighted by molar-refractivity contribution is 6.03. The number of hydrogen-bond acceptors (Lipinski definition) is 4. The van der Waals surface area contributed by atoms with Gasteiger partial charge in [0.25, 0.3) is 0 Å². The summed E-state index contributed by atoms with van der Waals surface area (Å²) < 4.78 is 33.1. The van der Waals surface area contributed by atoms with E-state index < -0.39 is 11.6 Å². The van der Waals surface area contributed by atoms with Gasteiger partial charge < -0.3 is 14.5 Å². The topological polar surface area (TPSA) is 51.1 Å². The van der Waals surface area contributed by atoms with Gasteiger partial charge in [-0.15, -0.1) is 0 Å². The van der Waals surface area contributed by atoms with Crippen molar-refractivity contribution in [3.8, 4) is 5.75 Å². The smallest absolute Gasteiger partial charge is 0.223 e. The lowest BCUT2D eigenvalue weighted by Crippen LogP contribution is -2.37. The largest absolute Gasteiger partial charge is 0.496 e. The van der Waals surface area contributed by atoms with Crippen molar-refractivity contribution in [2.75, 3.05) is 13.7 Å². The van der Waals surface area contributed by atoms with Crippen molar-refractivity contribution in [1.82, 2.24) is 4.90 Å². The van der Waals surface area contributed by atoms with Crippen molar-refractivity contribution in [1.29, 1.82) is 0 Å². The van der Waals surface area contributed by atoms with Gasteiger partial charge in [-0.2, -0.15) is 0 Å². The molecule has 4 rings (SSSR count). The zero-order valence-corrected chi connectivity index (χ0v) is 18.9. The van der Waals surface area contributed by atoms with Crippen molar-refractivity contribution in [2.45, 2.75) is 57.6 Å². The summed E-state index contributed by atoms with van der Waals surface area (Å²) in [5, 5.41) is 4.23.